The molecule has 112 valence electrons. The van der Waals surface area contributed by atoms with Crippen LogP contribution >= 0.6 is 23.2 Å². The van der Waals surface area contributed by atoms with E-state index in [0.717, 1.165) is 24.3 Å². The highest BCUT2D eigenvalue weighted by Gasteiger charge is 2.35. The lowest BCUT2D eigenvalue weighted by molar-refractivity contribution is -0.137. The maximum Gasteiger partial charge on any atom is 0.417 e. The molecule has 2 rings (SSSR count). The zero-order valence-electron chi connectivity index (χ0n) is 10.2. The summed E-state index contributed by atoms with van der Waals surface area (Å²) in [7, 11) is 0. The molecule has 0 unspecified atom stereocenters. The van der Waals surface area contributed by atoms with Crippen LogP contribution in [-0.2, 0) is 6.18 Å². The minimum atomic E-state index is -4.76. The van der Waals surface area contributed by atoms with Crippen LogP contribution in [0.3, 0.4) is 0 Å². The number of halogens is 7. The molecule has 0 saturated carbocycles. The standard InChI is InChI=1S/C14H7Cl2F5/c15-10-5-4-7(6-11(10)16)12-8(13(17)18)2-1-3-9(12)14(19,20)21/h1-6,13H. The molecule has 0 fully saturated rings. The van der Waals surface area contributed by atoms with Gasteiger partial charge in [0.2, 0.25) is 0 Å². The third kappa shape index (κ3) is 3.30. The van der Waals surface area contributed by atoms with E-state index in [1.165, 1.54) is 12.1 Å². The van der Waals surface area contributed by atoms with E-state index in [1.54, 1.807) is 0 Å². The Hall–Kier alpha value is -1.33. The second-order valence-electron chi connectivity index (χ2n) is 4.20. The van der Waals surface area contributed by atoms with Crippen molar-refractivity contribution in [1.82, 2.24) is 0 Å². The molecule has 0 aliphatic rings. The molecule has 0 bridgehead atoms. The van der Waals surface area contributed by atoms with Gasteiger partial charge in [-0.3, -0.25) is 0 Å². The minimum Gasteiger partial charge on any atom is -0.205 e. The van der Waals surface area contributed by atoms with Gasteiger partial charge in [0.1, 0.15) is 0 Å². The van der Waals surface area contributed by atoms with Gasteiger partial charge in [0.25, 0.3) is 6.43 Å². The van der Waals surface area contributed by atoms with E-state index in [1.807, 2.05) is 0 Å². The molecule has 0 spiro atoms. The van der Waals surface area contributed by atoms with Crippen LogP contribution in [0.4, 0.5) is 22.0 Å². The van der Waals surface area contributed by atoms with E-state index in [9.17, 15) is 22.0 Å². The molecule has 2 aromatic rings. The van der Waals surface area contributed by atoms with Gasteiger partial charge < -0.3 is 0 Å². The summed E-state index contributed by atoms with van der Waals surface area (Å²) in [5.41, 5.74) is -2.49. The van der Waals surface area contributed by atoms with Crippen molar-refractivity contribution in [3.63, 3.8) is 0 Å². The van der Waals surface area contributed by atoms with Crippen LogP contribution in [0.15, 0.2) is 36.4 Å². The van der Waals surface area contributed by atoms with E-state index in [-0.39, 0.29) is 15.6 Å². The molecule has 0 N–H and O–H groups in total. The molecular formula is C14H7Cl2F5. The first-order valence-corrected chi connectivity index (χ1v) is 6.41. The number of alkyl halides is 5. The molecule has 0 saturated heterocycles. The molecule has 0 atom stereocenters. The van der Waals surface area contributed by atoms with Gasteiger partial charge in [0.05, 0.1) is 15.6 Å². The molecule has 0 heterocycles. The Morgan fingerprint density at radius 1 is 0.905 bits per heavy atom. The fourth-order valence-corrected chi connectivity index (χ4v) is 2.26. The summed E-state index contributed by atoms with van der Waals surface area (Å²) in [4.78, 5) is 0. The van der Waals surface area contributed by atoms with Crippen molar-refractivity contribution in [3.05, 3.63) is 57.6 Å². The van der Waals surface area contributed by atoms with Crippen molar-refractivity contribution < 1.29 is 22.0 Å². The molecule has 0 amide bonds. The molecule has 2 aromatic carbocycles. The summed E-state index contributed by atoms with van der Waals surface area (Å²) in [6.07, 6.45) is -7.80. The fraction of sp³-hybridized carbons (Fsp3) is 0.143. The van der Waals surface area contributed by atoms with E-state index >= 15 is 0 Å². The summed E-state index contributed by atoms with van der Waals surface area (Å²) >= 11 is 11.5. The minimum absolute atomic E-state index is 0.00800. The number of benzene rings is 2. The predicted octanol–water partition coefficient (Wildman–Crippen LogP) is 6.62. The van der Waals surface area contributed by atoms with Crippen LogP contribution in [0.5, 0.6) is 0 Å². The van der Waals surface area contributed by atoms with Gasteiger partial charge in [-0.15, -0.1) is 0 Å². The number of hydrogen-bond donors (Lipinski definition) is 0. The molecule has 0 aliphatic carbocycles. The first kappa shape index (κ1) is 16.0. The van der Waals surface area contributed by atoms with E-state index in [0.29, 0.717) is 0 Å². The van der Waals surface area contributed by atoms with Crippen LogP contribution in [-0.4, -0.2) is 0 Å². The molecule has 0 radical (unpaired) electrons. The molecular weight excluding hydrogens is 334 g/mol. The fourth-order valence-electron chi connectivity index (χ4n) is 1.96. The van der Waals surface area contributed by atoms with Gasteiger partial charge in [-0.1, -0.05) is 41.4 Å². The van der Waals surface area contributed by atoms with Crippen molar-refractivity contribution in [2.75, 3.05) is 0 Å². The summed E-state index contributed by atoms with van der Waals surface area (Å²) < 4.78 is 65.2. The third-order valence-electron chi connectivity index (χ3n) is 2.85. The van der Waals surface area contributed by atoms with E-state index < -0.39 is 29.3 Å². The molecule has 0 nitrogen and oxygen atoms in total. The first-order chi connectivity index (χ1) is 9.71. The predicted molar refractivity (Wildman–Crippen MR) is 71.9 cm³/mol. The topological polar surface area (TPSA) is 0 Å². The second-order valence-corrected chi connectivity index (χ2v) is 5.01. The van der Waals surface area contributed by atoms with Gasteiger partial charge in [-0.25, -0.2) is 8.78 Å². The van der Waals surface area contributed by atoms with Crippen molar-refractivity contribution in [2.45, 2.75) is 12.6 Å². The Labute approximate surface area is 127 Å². The zero-order chi connectivity index (χ0) is 15.8. The summed E-state index contributed by atoms with van der Waals surface area (Å²) in [6, 6.07) is 6.29. The second kappa shape index (κ2) is 5.81. The third-order valence-corrected chi connectivity index (χ3v) is 3.58. The molecule has 0 aliphatic heterocycles. The highest BCUT2D eigenvalue weighted by Crippen LogP contribution is 2.42. The lowest BCUT2D eigenvalue weighted by Gasteiger charge is -2.17. The maximum absolute atomic E-state index is 13.1. The van der Waals surface area contributed by atoms with Gasteiger partial charge in [0.15, 0.2) is 0 Å². The van der Waals surface area contributed by atoms with Crippen LogP contribution in [0, 0.1) is 0 Å². The summed E-state index contributed by atoms with van der Waals surface area (Å²) in [5, 5.41) is 0.120. The van der Waals surface area contributed by atoms with Gasteiger partial charge in [-0.2, -0.15) is 13.2 Å². The van der Waals surface area contributed by atoms with E-state index in [2.05, 4.69) is 0 Å². The van der Waals surface area contributed by atoms with Gasteiger partial charge in [0, 0.05) is 11.1 Å². The van der Waals surface area contributed by atoms with Gasteiger partial charge >= 0.3 is 6.18 Å². The van der Waals surface area contributed by atoms with Crippen LogP contribution in [0.25, 0.3) is 11.1 Å². The lowest BCUT2D eigenvalue weighted by Crippen LogP contribution is -2.09. The highest BCUT2D eigenvalue weighted by atomic mass is 35.5. The quantitative estimate of drug-likeness (QED) is 0.539. The normalized spacial score (nSPS) is 12.0. The Balaban J connectivity index is 2.77. The molecule has 0 aromatic heterocycles. The van der Waals surface area contributed by atoms with Crippen molar-refractivity contribution in [1.29, 1.82) is 0 Å². The van der Waals surface area contributed by atoms with Crippen molar-refractivity contribution in [3.8, 4) is 11.1 Å². The summed E-state index contributed by atoms with van der Waals surface area (Å²) in [6.45, 7) is 0. The van der Waals surface area contributed by atoms with Crippen molar-refractivity contribution in [2.24, 2.45) is 0 Å². The number of rotatable bonds is 2. The first-order valence-electron chi connectivity index (χ1n) is 5.65. The van der Waals surface area contributed by atoms with Crippen LogP contribution in [0.2, 0.25) is 10.0 Å². The summed E-state index contributed by atoms with van der Waals surface area (Å²) in [5.74, 6) is 0. The Kier molecular flexibility index (Phi) is 4.44. The van der Waals surface area contributed by atoms with E-state index in [4.69, 9.17) is 23.2 Å². The highest BCUT2D eigenvalue weighted by molar-refractivity contribution is 6.42. The molecule has 21 heavy (non-hydrogen) atoms. The average Bonchev–Trinajstić information content (AvgIpc) is 2.40. The van der Waals surface area contributed by atoms with Crippen LogP contribution < -0.4 is 0 Å². The Morgan fingerprint density at radius 3 is 2.10 bits per heavy atom. The Bertz CT molecular complexity index is 665. The molecule has 7 heteroatoms. The Morgan fingerprint density at radius 2 is 1.57 bits per heavy atom. The number of hydrogen-bond acceptors (Lipinski definition) is 0. The van der Waals surface area contributed by atoms with Crippen molar-refractivity contribution >= 4 is 23.2 Å². The zero-order valence-corrected chi connectivity index (χ0v) is 11.7. The lowest BCUT2D eigenvalue weighted by atomic mass is 9.94. The maximum atomic E-state index is 13.1. The van der Waals surface area contributed by atoms with Crippen LogP contribution in [0.1, 0.15) is 17.6 Å². The smallest absolute Gasteiger partial charge is 0.205 e. The average molecular weight is 341 g/mol. The monoisotopic (exact) mass is 340 g/mol. The largest absolute Gasteiger partial charge is 0.417 e. The SMILES string of the molecule is FC(F)c1cccc(C(F)(F)F)c1-c1ccc(Cl)c(Cl)c1. The van der Waals surface area contributed by atoms with Gasteiger partial charge in [-0.05, 0) is 23.8 Å².